The Balaban J connectivity index is 2.00. The first-order valence-corrected chi connectivity index (χ1v) is 5.85. The lowest BCUT2D eigenvalue weighted by Gasteiger charge is -2.17. The molecule has 0 spiro atoms. The molecule has 0 radical (unpaired) electrons. The fourth-order valence-corrected chi connectivity index (χ4v) is 2.39. The van der Waals surface area contributed by atoms with E-state index in [0.717, 1.165) is 23.4 Å². The molecule has 92 valence electrons. The molecule has 0 saturated heterocycles. The van der Waals surface area contributed by atoms with Gasteiger partial charge in [-0.15, -0.1) is 0 Å². The van der Waals surface area contributed by atoms with Gasteiger partial charge in [0.05, 0.1) is 0 Å². The van der Waals surface area contributed by atoms with Crippen LogP contribution in [0, 0.1) is 0 Å². The van der Waals surface area contributed by atoms with Crippen LogP contribution in [0.5, 0.6) is 0 Å². The van der Waals surface area contributed by atoms with Gasteiger partial charge in [0.15, 0.2) is 0 Å². The van der Waals surface area contributed by atoms with Gasteiger partial charge in [0.1, 0.15) is 5.69 Å². The van der Waals surface area contributed by atoms with Gasteiger partial charge in [-0.25, -0.2) is 0 Å². The summed E-state index contributed by atoms with van der Waals surface area (Å²) in [5, 5.41) is 4.03. The molecule has 1 amide bonds. The van der Waals surface area contributed by atoms with Crippen molar-refractivity contribution in [2.75, 3.05) is 17.2 Å². The zero-order valence-corrected chi connectivity index (χ0v) is 10.1. The molecule has 1 aromatic carbocycles. The van der Waals surface area contributed by atoms with Crippen LogP contribution < -0.4 is 10.6 Å². The van der Waals surface area contributed by atoms with E-state index in [2.05, 4.69) is 5.10 Å². The Bertz CT molecular complexity index is 617. The van der Waals surface area contributed by atoms with E-state index in [1.807, 2.05) is 18.2 Å². The number of amides is 1. The van der Waals surface area contributed by atoms with Crippen molar-refractivity contribution in [1.29, 1.82) is 0 Å². The van der Waals surface area contributed by atoms with E-state index < -0.39 is 0 Å². The molecule has 2 heterocycles. The van der Waals surface area contributed by atoms with Gasteiger partial charge in [-0.05, 0) is 24.6 Å². The minimum atomic E-state index is -0.0284. The van der Waals surface area contributed by atoms with Gasteiger partial charge >= 0.3 is 0 Å². The van der Waals surface area contributed by atoms with Gasteiger partial charge in [-0.3, -0.25) is 9.48 Å². The Morgan fingerprint density at radius 3 is 2.94 bits per heavy atom. The zero-order chi connectivity index (χ0) is 12.7. The Morgan fingerprint density at radius 2 is 2.22 bits per heavy atom. The fraction of sp³-hybridized carbons (Fsp3) is 0.231. The molecule has 5 heteroatoms. The number of aromatic nitrogens is 2. The van der Waals surface area contributed by atoms with Crippen LogP contribution in [-0.2, 0) is 13.5 Å². The van der Waals surface area contributed by atoms with Gasteiger partial charge in [0, 0.05) is 36.7 Å². The number of fused-ring (bicyclic) bond motifs is 1. The summed E-state index contributed by atoms with van der Waals surface area (Å²) < 4.78 is 1.59. The van der Waals surface area contributed by atoms with Crippen molar-refractivity contribution >= 4 is 17.3 Å². The number of nitrogens with zero attached hydrogens (tertiary/aromatic N) is 3. The number of nitrogen functional groups attached to an aromatic ring is 1. The molecule has 18 heavy (non-hydrogen) atoms. The molecular formula is C13H14N4O. The Labute approximate surface area is 105 Å². The van der Waals surface area contributed by atoms with Crippen molar-refractivity contribution in [3.05, 3.63) is 41.7 Å². The Morgan fingerprint density at radius 1 is 1.39 bits per heavy atom. The number of nitrogens with two attached hydrogens (primary N) is 1. The monoisotopic (exact) mass is 242 g/mol. The number of carbonyl (C=O) groups excluding carboxylic acids is 1. The van der Waals surface area contributed by atoms with Gasteiger partial charge in [0.2, 0.25) is 0 Å². The lowest BCUT2D eigenvalue weighted by atomic mass is 10.1. The van der Waals surface area contributed by atoms with Crippen molar-refractivity contribution in [2.45, 2.75) is 6.42 Å². The maximum atomic E-state index is 12.4. The molecule has 5 nitrogen and oxygen atoms in total. The van der Waals surface area contributed by atoms with Gasteiger partial charge in [-0.2, -0.15) is 5.10 Å². The summed E-state index contributed by atoms with van der Waals surface area (Å²) in [7, 11) is 1.77. The molecule has 0 fully saturated rings. The van der Waals surface area contributed by atoms with E-state index in [0.29, 0.717) is 12.2 Å². The molecule has 0 aliphatic carbocycles. The lowest BCUT2D eigenvalue weighted by molar-refractivity contribution is 0.0980. The van der Waals surface area contributed by atoms with Crippen LogP contribution in [-0.4, -0.2) is 22.2 Å². The van der Waals surface area contributed by atoms with Crippen molar-refractivity contribution < 1.29 is 4.79 Å². The second-order valence-corrected chi connectivity index (χ2v) is 4.39. The summed E-state index contributed by atoms with van der Waals surface area (Å²) in [5.41, 5.74) is 9.25. The highest BCUT2D eigenvalue weighted by Crippen LogP contribution is 2.32. The van der Waals surface area contributed by atoms with Crippen LogP contribution in [0.1, 0.15) is 16.1 Å². The van der Waals surface area contributed by atoms with Gasteiger partial charge in [0.25, 0.3) is 5.91 Å². The summed E-state index contributed by atoms with van der Waals surface area (Å²) in [6.07, 6.45) is 2.44. The number of hydrogen-bond donors (Lipinski definition) is 1. The number of rotatable bonds is 1. The van der Waals surface area contributed by atoms with Gasteiger partial charge < -0.3 is 10.6 Å². The van der Waals surface area contributed by atoms with Crippen LogP contribution in [0.4, 0.5) is 11.4 Å². The molecule has 2 N–H and O–H groups in total. The first-order valence-electron chi connectivity index (χ1n) is 5.85. The van der Waals surface area contributed by atoms with Crippen LogP contribution in [0.2, 0.25) is 0 Å². The highest BCUT2D eigenvalue weighted by atomic mass is 16.2. The number of aryl methyl sites for hydroxylation is 1. The average Bonchev–Trinajstić information content (AvgIpc) is 2.95. The normalized spacial score (nSPS) is 13.7. The topological polar surface area (TPSA) is 64.2 Å². The summed E-state index contributed by atoms with van der Waals surface area (Å²) in [6.45, 7) is 0.674. The average molecular weight is 242 g/mol. The highest BCUT2D eigenvalue weighted by molar-refractivity contribution is 6.06. The number of hydrogen-bond acceptors (Lipinski definition) is 3. The van der Waals surface area contributed by atoms with Crippen molar-refractivity contribution in [3.8, 4) is 0 Å². The smallest absolute Gasteiger partial charge is 0.276 e. The minimum Gasteiger partial charge on any atom is -0.398 e. The van der Waals surface area contributed by atoms with Crippen molar-refractivity contribution in [3.63, 3.8) is 0 Å². The maximum Gasteiger partial charge on any atom is 0.276 e. The molecule has 0 saturated carbocycles. The standard InChI is InChI=1S/C13H14N4O/c1-16-12(5-7-15-16)13(18)17-8-6-9-10(14)3-2-4-11(9)17/h2-5,7H,6,8,14H2,1H3. The second kappa shape index (κ2) is 3.87. The zero-order valence-electron chi connectivity index (χ0n) is 10.1. The van der Waals surface area contributed by atoms with Crippen molar-refractivity contribution in [2.24, 2.45) is 7.05 Å². The quantitative estimate of drug-likeness (QED) is 0.764. The Hall–Kier alpha value is -2.30. The summed E-state index contributed by atoms with van der Waals surface area (Å²) >= 11 is 0. The molecule has 1 aromatic heterocycles. The maximum absolute atomic E-state index is 12.4. The highest BCUT2D eigenvalue weighted by Gasteiger charge is 2.27. The molecular weight excluding hydrogens is 228 g/mol. The first-order chi connectivity index (χ1) is 8.68. The first kappa shape index (κ1) is 10.8. The summed E-state index contributed by atoms with van der Waals surface area (Å²) in [6, 6.07) is 7.42. The van der Waals surface area contributed by atoms with Crippen LogP contribution in [0.25, 0.3) is 0 Å². The van der Waals surface area contributed by atoms with E-state index in [-0.39, 0.29) is 5.91 Å². The molecule has 0 bridgehead atoms. The van der Waals surface area contributed by atoms with E-state index in [4.69, 9.17) is 5.73 Å². The molecule has 1 aliphatic rings. The van der Waals surface area contributed by atoms with Crippen LogP contribution >= 0.6 is 0 Å². The number of anilines is 2. The Kier molecular flexibility index (Phi) is 2.33. The molecule has 1 aliphatic heterocycles. The van der Waals surface area contributed by atoms with E-state index in [1.54, 1.807) is 28.9 Å². The van der Waals surface area contributed by atoms with E-state index in [9.17, 15) is 4.79 Å². The SMILES string of the molecule is Cn1nccc1C(=O)N1CCc2c(N)cccc21. The third kappa shape index (κ3) is 1.48. The predicted octanol–water partition coefficient (Wildman–Crippen LogP) is 1.21. The van der Waals surface area contributed by atoms with E-state index >= 15 is 0 Å². The molecule has 3 rings (SSSR count). The molecule has 2 aromatic rings. The lowest BCUT2D eigenvalue weighted by Crippen LogP contribution is -2.30. The van der Waals surface area contributed by atoms with Crippen LogP contribution in [0.3, 0.4) is 0 Å². The largest absolute Gasteiger partial charge is 0.398 e. The second-order valence-electron chi connectivity index (χ2n) is 4.39. The minimum absolute atomic E-state index is 0.0284. The third-order valence-corrected chi connectivity index (χ3v) is 3.35. The third-order valence-electron chi connectivity index (χ3n) is 3.35. The van der Waals surface area contributed by atoms with E-state index in [1.165, 1.54) is 0 Å². The summed E-state index contributed by atoms with van der Waals surface area (Å²) in [5.74, 6) is -0.0284. The predicted molar refractivity (Wildman–Crippen MR) is 69.4 cm³/mol. The van der Waals surface area contributed by atoms with Crippen LogP contribution in [0.15, 0.2) is 30.5 Å². The molecule has 0 unspecified atom stereocenters. The van der Waals surface area contributed by atoms with Gasteiger partial charge in [-0.1, -0.05) is 6.07 Å². The number of carbonyl (C=O) groups is 1. The molecule has 0 atom stereocenters. The van der Waals surface area contributed by atoms with Crippen molar-refractivity contribution in [1.82, 2.24) is 9.78 Å². The summed E-state index contributed by atoms with van der Waals surface area (Å²) in [4.78, 5) is 14.2. The fourth-order valence-electron chi connectivity index (χ4n) is 2.39. The number of benzene rings is 1.